The highest BCUT2D eigenvalue weighted by molar-refractivity contribution is 7.80. The van der Waals surface area contributed by atoms with Crippen LogP contribution in [0.15, 0.2) is 29.4 Å². The van der Waals surface area contributed by atoms with Gasteiger partial charge in [0, 0.05) is 12.0 Å². The van der Waals surface area contributed by atoms with Crippen LogP contribution in [-0.2, 0) is 0 Å². The highest BCUT2D eigenvalue weighted by atomic mass is 32.1. The molecule has 1 aromatic rings. The van der Waals surface area contributed by atoms with Gasteiger partial charge in [-0.2, -0.15) is 5.10 Å². The van der Waals surface area contributed by atoms with Gasteiger partial charge in [-0.1, -0.05) is 44.7 Å². The van der Waals surface area contributed by atoms with E-state index in [0.717, 1.165) is 29.9 Å². The van der Waals surface area contributed by atoms with E-state index in [2.05, 4.69) is 24.4 Å². The zero-order valence-corrected chi connectivity index (χ0v) is 14.9. The van der Waals surface area contributed by atoms with Crippen LogP contribution < -0.4 is 15.9 Å². The fourth-order valence-electron chi connectivity index (χ4n) is 3.01. The Morgan fingerprint density at radius 1 is 1.30 bits per heavy atom. The monoisotopic (exact) mass is 333 g/mol. The van der Waals surface area contributed by atoms with Gasteiger partial charge < -0.3 is 10.5 Å². The molecule has 0 saturated heterocycles. The van der Waals surface area contributed by atoms with Gasteiger partial charge in [0.15, 0.2) is 5.11 Å². The molecule has 0 fully saturated rings. The molecule has 1 atom stereocenters. The summed E-state index contributed by atoms with van der Waals surface area (Å²) >= 11 is 4.86. The van der Waals surface area contributed by atoms with Gasteiger partial charge in [-0.25, -0.2) is 0 Å². The minimum Gasteiger partial charge on any atom is -0.486 e. The van der Waals surface area contributed by atoms with Gasteiger partial charge in [0.05, 0.1) is 5.71 Å². The Labute approximate surface area is 144 Å². The molecule has 1 unspecified atom stereocenters. The van der Waals surface area contributed by atoms with Crippen molar-refractivity contribution in [2.45, 2.75) is 64.4 Å². The molecule has 0 aromatic heterocycles. The lowest BCUT2D eigenvalue weighted by Gasteiger charge is -2.36. The first-order chi connectivity index (χ1) is 11.0. The number of nitrogens with two attached hydrogens (primary N) is 1. The predicted molar refractivity (Wildman–Crippen MR) is 99.9 cm³/mol. The molecule has 1 aromatic carbocycles. The second-order valence-corrected chi connectivity index (χ2v) is 6.86. The zero-order chi connectivity index (χ0) is 16.7. The predicted octanol–water partition coefficient (Wildman–Crippen LogP) is 4.13. The summed E-state index contributed by atoms with van der Waals surface area (Å²) in [7, 11) is 0. The Hall–Kier alpha value is -1.62. The molecule has 2 rings (SSSR count). The van der Waals surface area contributed by atoms with Crippen molar-refractivity contribution >= 4 is 23.0 Å². The second-order valence-electron chi connectivity index (χ2n) is 6.42. The zero-order valence-electron chi connectivity index (χ0n) is 14.1. The molecule has 0 radical (unpaired) electrons. The average Bonchev–Trinajstić information content (AvgIpc) is 2.52. The van der Waals surface area contributed by atoms with E-state index in [1.165, 1.54) is 32.1 Å². The third-order valence-corrected chi connectivity index (χ3v) is 4.30. The quantitative estimate of drug-likeness (QED) is 0.447. The van der Waals surface area contributed by atoms with Crippen molar-refractivity contribution in [1.29, 1.82) is 0 Å². The van der Waals surface area contributed by atoms with Crippen LogP contribution in [0.5, 0.6) is 5.75 Å². The number of thiocarbonyl (C=S) groups is 1. The largest absolute Gasteiger partial charge is 0.486 e. The van der Waals surface area contributed by atoms with E-state index in [-0.39, 0.29) is 10.7 Å². The standard InChI is InChI=1S/C18H27N3OS/c1-3-4-5-6-9-12-18(2)13-15(20-21-17(19)23)14-10-7-8-11-16(14)22-18/h7-8,10-11H,3-6,9,12-13H2,1-2H3,(H3,19,21,23). The Morgan fingerprint density at radius 3 is 2.78 bits per heavy atom. The first kappa shape index (κ1) is 17.7. The number of fused-ring (bicyclic) bond motifs is 1. The summed E-state index contributed by atoms with van der Waals surface area (Å²) in [6.45, 7) is 4.40. The van der Waals surface area contributed by atoms with Gasteiger partial charge in [-0.05, 0) is 44.1 Å². The van der Waals surface area contributed by atoms with Crippen LogP contribution in [0.1, 0.15) is 64.4 Å². The molecule has 126 valence electrons. The first-order valence-electron chi connectivity index (χ1n) is 8.44. The van der Waals surface area contributed by atoms with Gasteiger partial charge in [0.1, 0.15) is 11.4 Å². The highest BCUT2D eigenvalue weighted by Gasteiger charge is 2.34. The lowest BCUT2D eigenvalue weighted by atomic mass is 9.86. The molecule has 1 aliphatic rings. The van der Waals surface area contributed by atoms with Gasteiger partial charge in [0.25, 0.3) is 0 Å². The fraction of sp³-hybridized carbons (Fsp3) is 0.556. The molecule has 1 heterocycles. The van der Waals surface area contributed by atoms with Gasteiger partial charge in [-0.15, -0.1) is 0 Å². The van der Waals surface area contributed by atoms with Crippen LogP contribution in [0, 0.1) is 0 Å². The van der Waals surface area contributed by atoms with Crippen molar-refractivity contribution in [3.63, 3.8) is 0 Å². The minimum absolute atomic E-state index is 0.183. The summed E-state index contributed by atoms with van der Waals surface area (Å²) in [5.74, 6) is 0.887. The van der Waals surface area contributed by atoms with Crippen LogP contribution in [-0.4, -0.2) is 16.4 Å². The minimum atomic E-state index is -0.225. The summed E-state index contributed by atoms with van der Waals surface area (Å²) in [6, 6.07) is 8.01. The number of hydrogen-bond donors (Lipinski definition) is 2. The van der Waals surface area contributed by atoms with Crippen molar-refractivity contribution in [3.8, 4) is 5.75 Å². The number of hydrogen-bond acceptors (Lipinski definition) is 3. The van der Waals surface area contributed by atoms with Crippen LogP contribution in [0.3, 0.4) is 0 Å². The normalized spacial score (nSPS) is 21.6. The smallest absolute Gasteiger partial charge is 0.184 e. The fourth-order valence-corrected chi connectivity index (χ4v) is 3.05. The Kier molecular flexibility index (Phi) is 6.39. The Morgan fingerprint density at radius 2 is 2.04 bits per heavy atom. The van der Waals surface area contributed by atoms with Crippen LogP contribution in [0.25, 0.3) is 0 Å². The van der Waals surface area contributed by atoms with E-state index in [0.29, 0.717) is 0 Å². The number of hydrazone groups is 1. The van der Waals surface area contributed by atoms with Gasteiger partial charge >= 0.3 is 0 Å². The number of benzene rings is 1. The summed E-state index contributed by atoms with van der Waals surface area (Å²) in [5, 5.41) is 4.58. The van der Waals surface area contributed by atoms with Crippen LogP contribution >= 0.6 is 12.2 Å². The van der Waals surface area contributed by atoms with E-state index in [9.17, 15) is 0 Å². The van der Waals surface area contributed by atoms with Crippen molar-refractivity contribution < 1.29 is 4.74 Å². The maximum atomic E-state index is 6.29. The molecule has 0 aliphatic carbocycles. The van der Waals surface area contributed by atoms with Gasteiger partial charge in [0.2, 0.25) is 0 Å². The third-order valence-electron chi connectivity index (χ3n) is 4.21. The summed E-state index contributed by atoms with van der Waals surface area (Å²) in [6.07, 6.45) is 8.09. The lowest BCUT2D eigenvalue weighted by molar-refractivity contribution is 0.0776. The van der Waals surface area contributed by atoms with E-state index >= 15 is 0 Å². The second kappa shape index (κ2) is 8.29. The van der Waals surface area contributed by atoms with E-state index in [1.54, 1.807) is 0 Å². The molecule has 0 spiro atoms. The molecular weight excluding hydrogens is 306 g/mol. The Balaban J connectivity index is 2.09. The highest BCUT2D eigenvalue weighted by Crippen LogP contribution is 2.36. The van der Waals surface area contributed by atoms with E-state index < -0.39 is 0 Å². The lowest BCUT2D eigenvalue weighted by Crippen LogP contribution is -2.40. The topological polar surface area (TPSA) is 59.6 Å². The van der Waals surface area contributed by atoms with Gasteiger partial charge in [-0.3, -0.25) is 5.43 Å². The number of nitrogens with zero attached hydrogens (tertiary/aromatic N) is 1. The molecular formula is C18H27N3OS. The number of nitrogens with one attached hydrogen (secondary N) is 1. The van der Waals surface area contributed by atoms with E-state index in [4.69, 9.17) is 22.7 Å². The molecule has 0 amide bonds. The van der Waals surface area contributed by atoms with Crippen molar-refractivity contribution in [2.24, 2.45) is 10.8 Å². The van der Waals surface area contributed by atoms with Crippen molar-refractivity contribution in [2.75, 3.05) is 0 Å². The molecule has 0 saturated carbocycles. The molecule has 1 aliphatic heterocycles. The van der Waals surface area contributed by atoms with Crippen LogP contribution in [0.2, 0.25) is 0 Å². The number of unbranched alkanes of at least 4 members (excludes halogenated alkanes) is 4. The number of para-hydroxylation sites is 1. The average molecular weight is 334 g/mol. The summed E-state index contributed by atoms with van der Waals surface area (Å²) in [4.78, 5) is 0. The maximum absolute atomic E-state index is 6.29. The summed E-state index contributed by atoms with van der Waals surface area (Å²) in [5.41, 5.74) is 9.97. The first-order valence-corrected chi connectivity index (χ1v) is 8.85. The SMILES string of the molecule is CCCCCCCC1(C)CC(=NNC(N)=S)c2ccccc2O1. The molecule has 4 nitrogen and oxygen atoms in total. The number of rotatable bonds is 7. The van der Waals surface area contributed by atoms with Crippen molar-refractivity contribution in [3.05, 3.63) is 29.8 Å². The third kappa shape index (κ3) is 5.20. The molecule has 5 heteroatoms. The Bertz CT molecular complexity index is 573. The van der Waals surface area contributed by atoms with Crippen molar-refractivity contribution in [1.82, 2.24) is 5.43 Å². The molecule has 23 heavy (non-hydrogen) atoms. The summed E-state index contributed by atoms with van der Waals surface area (Å²) < 4.78 is 6.29. The molecule has 0 bridgehead atoms. The molecule has 3 N–H and O–H groups in total. The van der Waals surface area contributed by atoms with Crippen LogP contribution in [0.4, 0.5) is 0 Å². The number of ether oxygens (including phenoxy) is 1. The maximum Gasteiger partial charge on any atom is 0.184 e. The van der Waals surface area contributed by atoms with E-state index in [1.807, 2.05) is 24.3 Å².